The summed E-state index contributed by atoms with van der Waals surface area (Å²) in [4.78, 5) is 25.8. The number of nitrogens with one attached hydrogen (secondary N) is 1. The number of aryl methyl sites for hydroxylation is 1. The number of hydrogen-bond donors (Lipinski definition) is 1. The summed E-state index contributed by atoms with van der Waals surface area (Å²) in [5, 5.41) is 5.04. The molecule has 1 fully saturated rings. The fraction of sp³-hybridized carbons (Fsp3) is 0.579. The van der Waals surface area contributed by atoms with Gasteiger partial charge in [-0.2, -0.15) is 5.10 Å². The molecule has 8 nitrogen and oxygen atoms in total. The number of carbonyl (C=O) groups excluding carboxylic acids is 1. The maximum absolute atomic E-state index is 12.3. The van der Waals surface area contributed by atoms with Gasteiger partial charge in [0.2, 0.25) is 5.28 Å². The second-order valence-corrected chi connectivity index (χ2v) is 8.28. The SMILES string of the molecule is C=CCCn1nc(C2CCN(C(=O)OC(C)(C)C)CC2)nc1-c1cnc(Cl)[nH]1. The summed E-state index contributed by atoms with van der Waals surface area (Å²) in [6, 6.07) is 0. The Hall–Kier alpha value is -2.35. The topological polar surface area (TPSA) is 88.9 Å². The zero-order valence-corrected chi connectivity index (χ0v) is 17.4. The molecule has 9 heteroatoms. The number of nitrogens with zero attached hydrogens (tertiary/aromatic N) is 5. The minimum Gasteiger partial charge on any atom is -0.444 e. The van der Waals surface area contributed by atoms with Crippen molar-refractivity contribution in [2.45, 2.75) is 58.1 Å². The van der Waals surface area contributed by atoms with E-state index in [9.17, 15) is 4.79 Å². The molecule has 0 aliphatic carbocycles. The lowest BCUT2D eigenvalue weighted by Crippen LogP contribution is -2.41. The molecule has 1 N–H and O–H groups in total. The summed E-state index contributed by atoms with van der Waals surface area (Å²) in [7, 11) is 0. The largest absolute Gasteiger partial charge is 0.444 e. The van der Waals surface area contributed by atoms with E-state index >= 15 is 0 Å². The zero-order valence-electron chi connectivity index (χ0n) is 16.6. The Morgan fingerprint density at radius 1 is 1.43 bits per heavy atom. The van der Waals surface area contributed by atoms with Gasteiger partial charge in [0, 0.05) is 25.6 Å². The van der Waals surface area contributed by atoms with Crippen LogP contribution in [-0.2, 0) is 11.3 Å². The van der Waals surface area contributed by atoms with E-state index in [4.69, 9.17) is 26.4 Å². The van der Waals surface area contributed by atoms with E-state index in [0.717, 1.165) is 30.8 Å². The summed E-state index contributed by atoms with van der Waals surface area (Å²) < 4.78 is 7.33. The summed E-state index contributed by atoms with van der Waals surface area (Å²) >= 11 is 5.92. The van der Waals surface area contributed by atoms with Crippen LogP contribution >= 0.6 is 11.6 Å². The van der Waals surface area contributed by atoms with Crippen LogP contribution in [-0.4, -0.2) is 54.4 Å². The zero-order chi connectivity index (χ0) is 20.3. The van der Waals surface area contributed by atoms with Gasteiger partial charge in [-0.05, 0) is 51.6 Å². The standard InChI is InChI=1S/C19H27ClN6O2/c1-5-6-9-26-16(14-12-21-17(20)22-14)23-15(24-26)13-7-10-25(11-8-13)18(27)28-19(2,3)4/h5,12-13H,1,6-11H2,2-4H3,(H,21,22). The average Bonchev–Trinajstić information content (AvgIpc) is 3.24. The van der Waals surface area contributed by atoms with Crippen molar-refractivity contribution in [2.24, 2.45) is 0 Å². The molecular formula is C19H27ClN6O2. The third-order valence-electron chi connectivity index (χ3n) is 4.53. The normalized spacial score (nSPS) is 15.6. The molecule has 3 heterocycles. The Kier molecular flexibility index (Phi) is 6.07. The molecule has 3 rings (SSSR count). The number of aromatic nitrogens is 5. The van der Waals surface area contributed by atoms with E-state index < -0.39 is 5.60 Å². The van der Waals surface area contributed by atoms with Crippen molar-refractivity contribution in [3.63, 3.8) is 0 Å². The highest BCUT2D eigenvalue weighted by atomic mass is 35.5. The van der Waals surface area contributed by atoms with E-state index in [0.29, 0.717) is 30.7 Å². The van der Waals surface area contributed by atoms with Gasteiger partial charge in [-0.3, -0.25) is 0 Å². The molecule has 0 aromatic carbocycles. The third kappa shape index (κ3) is 4.92. The monoisotopic (exact) mass is 406 g/mol. The van der Waals surface area contributed by atoms with E-state index in [1.54, 1.807) is 11.1 Å². The number of rotatable bonds is 5. The van der Waals surface area contributed by atoms with Crippen LogP contribution in [0, 0.1) is 0 Å². The number of hydrogen-bond acceptors (Lipinski definition) is 5. The molecule has 0 radical (unpaired) electrons. The van der Waals surface area contributed by atoms with Gasteiger partial charge < -0.3 is 14.6 Å². The van der Waals surface area contributed by atoms with Gasteiger partial charge in [0.1, 0.15) is 11.3 Å². The second kappa shape index (κ2) is 8.34. The van der Waals surface area contributed by atoms with Gasteiger partial charge in [0.15, 0.2) is 11.6 Å². The molecule has 152 valence electrons. The number of allylic oxidation sites excluding steroid dienone is 1. The smallest absolute Gasteiger partial charge is 0.410 e. The Balaban J connectivity index is 1.71. The van der Waals surface area contributed by atoms with Crippen LogP contribution in [0.1, 0.15) is 51.8 Å². The highest BCUT2D eigenvalue weighted by Crippen LogP contribution is 2.29. The van der Waals surface area contributed by atoms with Crippen LogP contribution < -0.4 is 0 Å². The maximum Gasteiger partial charge on any atom is 0.410 e. The molecule has 1 aliphatic heterocycles. The van der Waals surface area contributed by atoms with Crippen molar-refractivity contribution in [1.29, 1.82) is 0 Å². The molecule has 2 aromatic heterocycles. The summed E-state index contributed by atoms with van der Waals surface area (Å²) in [5.41, 5.74) is 0.249. The fourth-order valence-electron chi connectivity index (χ4n) is 3.16. The number of H-pyrrole nitrogens is 1. The average molecular weight is 407 g/mol. The number of carbonyl (C=O) groups is 1. The molecule has 1 amide bonds. The highest BCUT2D eigenvalue weighted by Gasteiger charge is 2.30. The van der Waals surface area contributed by atoms with Crippen LogP contribution in [0.5, 0.6) is 0 Å². The minimum atomic E-state index is -0.486. The molecule has 0 saturated carbocycles. The maximum atomic E-state index is 12.3. The van der Waals surface area contributed by atoms with Crippen LogP contribution in [0.4, 0.5) is 4.79 Å². The van der Waals surface area contributed by atoms with Crippen LogP contribution in [0.3, 0.4) is 0 Å². The molecule has 2 aromatic rings. The fourth-order valence-corrected chi connectivity index (χ4v) is 3.31. The van der Waals surface area contributed by atoms with Gasteiger partial charge in [-0.1, -0.05) is 6.08 Å². The summed E-state index contributed by atoms with van der Waals surface area (Å²) in [6.07, 6.45) is 5.63. The third-order valence-corrected chi connectivity index (χ3v) is 4.72. The first-order chi connectivity index (χ1) is 13.3. The Bertz CT molecular complexity index is 830. The molecule has 1 saturated heterocycles. The van der Waals surface area contributed by atoms with E-state index in [2.05, 4.69) is 16.5 Å². The van der Waals surface area contributed by atoms with Crippen molar-refractivity contribution in [2.75, 3.05) is 13.1 Å². The number of imidazole rings is 1. The first-order valence-electron chi connectivity index (χ1n) is 9.51. The van der Waals surface area contributed by atoms with Gasteiger partial charge in [-0.15, -0.1) is 6.58 Å². The Morgan fingerprint density at radius 3 is 2.71 bits per heavy atom. The summed E-state index contributed by atoms with van der Waals surface area (Å²) in [5.74, 6) is 1.69. The van der Waals surface area contributed by atoms with E-state index in [1.807, 2.05) is 31.5 Å². The van der Waals surface area contributed by atoms with Crippen molar-refractivity contribution in [3.05, 3.63) is 30.0 Å². The summed E-state index contributed by atoms with van der Waals surface area (Å²) in [6.45, 7) is 11.3. The molecule has 0 bridgehead atoms. The molecule has 1 aliphatic rings. The molecule has 0 unspecified atom stereocenters. The molecule has 28 heavy (non-hydrogen) atoms. The second-order valence-electron chi connectivity index (χ2n) is 7.92. The van der Waals surface area contributed by atoms with Crippen LogP contribution in [0.15, 0.2) is 18.9 Å². The van der Waals surface area contributed by atoms with Gasteiger partial charge in [-0.25, -0.2) is 19.4 Å². The van der Waals surface area contributed by atoms with Crippen molar-refractivity contribution in [3.8, 4) is 11.5 Å². The number of halogens is 1. The Morgan fingerprint density at radius 2 is 2.14 bits per heavy atom. The van der Waals surface area contributed by atoms with Crippen molar-refractivity contribution >= 4 is 17.7 Å². The molecule has 0 atom stereocenters. The van der Waals surface area contributed by atoms with Crippen molar-refractivity contribution in [1.82, 2.24) is 29.6 Å². The van der Waals surface area contributed by atoms with Crippen LogP contribution in [0.2, 0.25) is 5.28 Å². The predicted octanol–water partition coefficient (Wildman–Crippen LogP) is 4.01. The molecular weight excluding hydrogens is 380 g/mol. The van der Waals surface area contributed by atoms with E-state index in [1.165, 1.54) is 0 Å². The highest BCUT2D eigenvalue weighted by molar-refractivity contribution is 6.28. The quantitative estimate of drug-likeness (QED) is 0.757. The number of piperidine rings is 1. The lowest BCUT2D eigenvalue weighted by atomic mass is 9.96. The predicted molar refractivity (Wildman–Crippen MR) is 107 cm³/mol. The van der Waals surface area contributed by atoms with Crippen LogP contribution in [0.25, 0.3) is 11.5 Å². The molecule has 0 spiro atoms. The number of aromatic amines is 1. The number of ether oxygens (including phenoxy) is 1. The number of likely N-dealkylation sites (tertiary alicyclic amines) is 1. The Labute approximate surface area is 169 Å². The van der Waals surface area contributed by atoms with Crippen molar-refractivity contribution < 1.29 is 9.53 Å². The minimum absolute atomic E-state index is 0.195. The lowest BCUT2D eigenvalue weighted by Gasteiger charge is -2.32. The van der Waals surface area contributed by atoms with E-state index in [-0.39, 0.29) is 12.0 Å². The number of amides is 1. The first kappa shape index (κ1) is 20.4. The van der Waals surface area contributed by atoms with Gasteiger partial charge >= 0.3 is 6.09 Å². The van der Waals surface area contributed by atoms with Gasteiger partial charge in [0.25, 0.3) is 0 Å². The van der Waals surface area contributed by atoms with Gasteiger partial charge in [0.05, 0.1) is 6.20 Å². The first-order valence-corrected chi connectivity index (χ1v) is 9.89. The lowest BCUT2D eigenvalue weighted by molar-refractivity contribution is 0.0203.